The fraction of sp³-hybridized carbons (Fsp3) is 0.188. The first kappa shape index (κ1) is 28.5. The first-order chi connectivity index (χ1) is 19.2. The third-order valence-electron chi connectivity index (χ3n) is 6.72. The normalized spacial score (nSPS) is 11.6. The summed E-state index contributed by atoms with van der Waals surface area (Å²) in [5, 5.41) is 9.58. The van der Waals surface area contributed by atoms with Crippen molar-refractivity contribution in [2.75, 3.05) is 7.11 Å². The molecule has 3 aromatic carbocycles. The Morgan fingerprint density at radius 1 is 0.925 bits per heavy atom. The number of carbonyl (C=O) groups is 3. The second kappa shape index (κ2) is 12.6. The molecule has 0 amide bonds. The predicted octanol–water partition coefficient (Wildman–Crippen LogP) is 6.06. The van der Waals surface area contributed by atoms with Crippen LogP contribution in [0.2, 0.25) is 5.02 Å². The number of hydrogen-bond acceptors (Lipinski definition) is 5. The van der Waals surface area contributed by atoms with Gasteiger partial charge in [0.25, 0.3) is 5.56 Å². The molecule has 0 spiro atoms. The highest BCUT2D eigenvalue weighted by molar-refractivity contribution is 6.31. The van der Waals surface area contributed by atoms with Crippen LogP contribution in [0.5, 0.6) is 5.75 Å². The van der Waals surface area contributed by atoms with E-state index in [1.165, 1.54) is 36.1 Å². The number of methoxy groups -OCH3 is 1. The lowest BCUT2D eigenvalue weighted by Crippen LogP contribution is -2.32. The summed E-state index contributed by atoms with van der Waals surface area (Å²) in [5.74, 6) is -1.08. The Labute approximate surface area is 236 Å². The van der Waals surface area contributed by atoms with E-state index < -0.39 is 17.6 Å². The van der Waals surface area contributed by atoms with E-state index in [2.05, 4.69) is 0 Å². The molecule has 4 rings (SSSR count). The molecule has 0 radical (unpaired) electrons. The molecule has 204 valence electrons. The van der Waals surface area contributed by atoms with E-state index in [1.54, 1.807) is 37.3 Å². The number of benzene rings is 3. The number of ketones is 2. The number of aromatic carboxylic acids is 1. The van der Waals surface area contributed by atoms with Gasteiger partial charge in [0.05, 0.1) is 24.9 Å². The molecule has 8 heteroatoms. The summed E-state index contributed by atoms with van der Waals surface area (Å²) < 4.78 is 7.01. The quantitative estimate of drug-likeness (QED) is 0.225. The van der Waals surface area contributed by atoms with Crippen LogP contribution < -0.4 is 10.3 Å². The Bertz CT molecular complexity index is 1610. The smallest absolute Gasteiger partial charge is 0.335 e. The zero-order chi connectivity index (χ0) is 28.8. The summed E-state index contributed by atoms with van der Waals surface area (Å²) in [5.41, 5.74) is 2.47. The van der Waals surface area contributed by atoms with Gasteiger partial charge in [0.15, 0.2) is 11.6 Å². The Kier molecular flexibility index (Phi) is 8.97. The van der Waals surface area contributed by atoms with E-state index in [4.69, 9.17) is 16.3 Å². The van der Waals surface area contributed by atoms with Gasteiger partial charge in [-0.05, 0) is 47.0 Å². The van der Waals surface area contributed by atoms with Crippen LogP contribution in [0.1, 0.15) is 51.2 Å². The highest BCUT2D eigenvalue weighted by Gasteiger charge is 2.25. The molecule has 0 fully saturated rings. The van der Waals surface area contributed by atoms with Gasteiger partial charge in [-0.25, -0.2) is 4.79 Å². The van der Waals surface area contributed by atoms with Crippen LogP contribution in [0, 0.1) is 0 Å². The lowest BCUT2D eigenvalue weighted by Gasteiger charge is -2.22. The number of carboxylic acid groups (broad SMARTS) is 1. The van der Waals surface area contributed by atoms with E-state index in [-0.39, 0.29) is 36.4 Å². The van der Waals surface area contributed by atoms with Crippen molar-refractivity contribution in [2.24, 2.45) is 0 Å². The van der Waals surface area contributed by atoms with E-state index >= 15 is 0 Å². The second-order valence-electron chi connectivity index (χ2n) is 9.32. The highest BCUT2D eigenvalue weighted by Crippen LogP contribution is 2.34. The fourth-order valence-electron chi connectivity index (χ4n) is 4.61. The summed E-state index contributed by atoms with van der Waals surface area (Å²) in [6.45, 7) is 1.75. The minimum atomic E-state index is -1.05. The summed E-state index contributed by atoms with van der Waals surface area (Å²) in [6, 6.07) is 20.8. The molecule has 1 heterocycles. The molecule has 4 aromatic rings. The number of pyridine rings is 1. The zero-order valence-electron chi connectivity index (χ0n) is 22.1. The van der Waals surface area contributed by atoms with Crippen LogP contribution in [-0.2, 0) is 17.6 Å². The Hall–Kier alpha value is -4.49. The van der Waals surface area contributed by atoms with Gasteiger partial charge in [0, 0.05) is 41.5 Å². The highest BCUT2D eigenvalue weighted by atomic mass is 35.5. The lowest BCUT2D eigenvalue weighted by atomic mass is 9.94. The van der Waals surface area contributed by atoms with Crippen molar-refractivity contribution in [1.29, 1.82) is 0 Å². The van der Waals surface area contributed by atoms with Gasteiger partial charge >= 0.3 is 5.97 Å². The predicted molar refractivity (Wildman–Crippen MR) is 154 cm³/mol. The van der Waals surface area contributed by atoms with Crippen molar-refractivity contribution in [1.82, 2.24) is 4.57 Å². The largest absolute Gasteiger partial charge is 0.495 e. The maximum absolute atomic E-state index is 13.7. The fourth-order valence-corrected chi connectivity index (χ4v) is 4.78. The molecule has 0 saturated carbocycles. The number of carbonyl (C=O) groups excluding carboxylic acids is 2. The number of halogens is 1. The molecule has 7 nitrogen and oxygen atoms in total. The van der Waals surface area contributed by atoms with Gasteiger partial charge in [0.1, 0.15) is 5.75 Å². The van der Waals surface area contributed by atoms with Gasteiger partial charge in [-0.1, -0.05) is 61.0 Å². The first-order valence-electron chi connectivity index (χ1n) is 12.7. The van der Waals surface area contributed by atoms with Crippen molar-refractivity contribution in [3.05, 3.63) is 123 Å². The van der Waals surface area contributed by atoms with Gasteiger partial charge in [-0.2, -0.15) is 0 Å². The van der Waals surface area contributed by atoms with Crippen LogP contribution in [0.3, 0.4) is 0 Å². The average molecular weight is 558 g/mol. The Balaban J connectivity index is 1.79. The van der Waals surface area contributed by atoms with Crippen LogP contribution in [0.25, 0.3) is 11.1 Å². The van der Waals surface area contributed by atoms with E-state index in [0.717, 1.165) is 5.56 Å². The van der Waals surface area contributed by atoms with Gasteiger partial charge in [0.2, 0.25) is 0 Å². The SMILES string of the molecule is CCC(=O)c1ccc(Cl)cc1-c1cc(=O)n([C@@H](Cc2ccccc2)C(=O)Cc2ccc(C(=O)O)cc2)cc1OC. The third kappa shape index (κ3) is 6.38. The number of ether oxygens (including phenoxy) is 1. The standard InChI is InChI=1S/C32H28ClNO6/c1-3-28(35)24-14-13-23(33)17-25(24)26-18-31(37)34(19-30(26)40-2)27(15-20-7-5-4-6-8-20)29(36)16-21-9-11-22(12-10-21)32(38)39/h4-14,17-19,27H,3,15-16H2,1-2H3,(H,38,39)/t27-/m0/s1. The molecule has 0 aliphatic carbocycles. The van der Waals surface area contributed by atoms with Gasteiger partial charge in [-0.15, -0.1) is 0 Å². The molecule has 0 unspecified atom stereocenters. The molecular weight excluding hydrogens is 530 g/mol. The minimum absolute atomic E-state index is 0.00263. The first-order valence-corrected chi connectivity index (χ1v) is 13.1. The van der Waals surface area contributed by atoms with E-state index in [9.17, 15) is 24.3 Å². The Morgan fingerprint density at radius 2 is 1.62 bits per heavy atom. The molecule has 0 aliphatic heterocycles. The molecule has 1 aromatic heterocycles. The molecule has 0 aliphatic rings. The molecule has 40 heavy (non-hydrogen) atoms. The summed E-state index contributed by atoms with van der Waals surface area (Å²) >= 11 is 6.25. The van der Waals surface area contributed by atoms with Crippen molar-refractivity contribution in [2.45, 2.75) is 32.2 Å². The van der Waals surface area contributed by atoms with Crippen molar-refractivity contribution >= 4 is 29.1 Å². The van der Waals surface area contributed by atoms with Crippen molar-refractivity contribution in [3.8, 4) is 16.9 Å². The maximum atomic E-state index is 13.7. The van der Waals surface area contributed by atoms with Crippen molar-refractivity contribution < 1.29 is 24.2 Å². The summed E-state index contributed by atoms with van der Waals surface area (Å²) in [6.07, 6.45) is 2.02. The third-order valence-corrected chi connectivity index (χ3v) is 6.95. The minimum Gasteiger partial charge on any atom is -0.495 e. The maximum Gasteiger partial charge on any atom is 0.335 e. The number of aromatic nitrogens is 1. The second-order valence-corrected chi connectivity index (χ2v) is 9.75. The lowest BCUT2D eigenvalue weighted by molar-refractivity contribution is -0.121. The molecular formula is C32H28ClNO6. The van der Waals surface area contributed by atoms with Gasteiger partial charge < -0.3 is 14.4 Å². The number of hydrogen-bond donors (Lipinski definition) is 1. The Morgan fingerprint density at radius 3 is 2.25 bits per heavy atom. The number of nitrogens with zero attached hydrogens (tertiary/aromatic N) is 1. The zero-order valence-corrected chi connectivity index (χ0v) is 22.9. The van der Waals surface area contributed by atoms with Crippen LogP contribution in [-0.4, -0.2) is 34.3 Å². The van der Waals surface area contributed by atoms with E-state index in [0.29, 0.717) is 33.0 Å². The van der Waals surface area contributed by atoms with Crippen LogP contribution in [0.4, 0.5) is 0 Å². The topological polar surface area (TPSA) is 103 Å². The number of Topliss-reactive ketones (excluding diaryl/α,β-unsaturated/α-hetero) is 2. The number of rotatable bonds is 11. The monoisotopic (exact) mass is 557 g/mol. The van der Waals surface area contributed by atoms with Gasteiger partial charge in [-0.3, -0.25) is 14.4 Å². The van der Waals surface area contributed by atoms with Crippen LogP contribution >= 0.6 is 11.6 Å². The van der Waals surface area contributed by atoms with E-state index in [1.807, 2.05) is 30.3 Å². The summed E-state index contributed by atoms with van der Waals surface area (Å²) in [7, 11) is 1.46. The van der Waals surface area contributed by atoms with Crippen LogP contribution in [0.15, 0.2) is 89.9 Å². The molecule has 1 atom stereocenters. The van der Waals surface area contributed by atoms with Crippen molar-refractivity contribution in [3.63, 3.8) is 0 Å². The summed E-state index contributed by atoms with van der Waals surface area (Å²) in [4.78, 5) is 51.2. The molecule has 1 N–H and O–H groups in total. The average Bonchev–Trinajstić information content (AvgIpc) is 2.96. The number of carboxylic acids is 1. The molecule has 0 saturated heterocycles. The molecule has 0 bridgehead atoms.